The van der Waals surface area contributed by atoms with E-state index < -0.39 is 0 Å². The van der Waals surface area contributed by atoms with E-state index in [4.69, 9.17) is 4.74 Å². The highest BCUT2D eigenvalue weighted by Crippen LogP contribution is 2.21. The Morgan fingerprint density at radius 1 is 1.39 bits per heavy atom. The molecule has 2 aliphatic heterocycles. The highest BCUT2D eigenvalue weighted by molar-refractivity contribution is 5.95. The van der Waals surface area contributed by atoms with Gasteiger partial charge in [0, 0.05) is 44.2 Å². The van der Waals surface area contributed by atoms with Gasteiger partial charge in [-0.1, -0.05) is 6.92 Å². The molecule has 0 spiro atoms. The summed E-state index contributed by atoms with van der Waals surface area (Å²) < 4.78 is 5.99. The van der Waals surface area contributed by atoms with E-state index in [0.29, 0.717) is 12.0 Å². The lowest BCUT2D eigenvalue weighted by Gasteiger charge is -2.32. The number of likely N-dealkylation sites (tertiary alicyclic amines) is 1. The first-order chi connectivity index (χ1) is 11.3. The van der Waals surface area contributed by atoms with Gasteiger partial charge >= 0.3 is 0 Å². The van der Waals surface area contributed by atoms with Gasteiger partial charge < -0.3 is 15.0 Å². The van der Waals surface area contributed by atoms with Gasteiger partial charge in [-0.2, -0.15) is 0 Å². The maximum atomic E-state index is 12.7. The number of ether oxygens (including phenoxy) is 1. The van der Waals surface area contributed by atoms with Crippen molar-refractivity contribution in [2.45, 2.75) is 38.7 Å². The number of aromatic nitrogens is 1. The molecule has 2 fully saturated rings. The van der Waals surface area contributed by atoms with Gasteiger partial charge in [0.2, 0.25) is 0 Å². The second-order valence-corrected chi connectivity index (χ2v) is 6.57. The Morgan fingerprint density at radius 2 is 2.22 bits per heavy atom. The highest BCUT2D eigenvalue weighted by atomic mass is 16.5. The second kappa shape index (κ2) is 7.88. The zero-order valence-electron chi connectivity index (χ0n) is 14.0. The first kappa shape index (κ1) is 16.4. The van der Waals surface area contributed by atoms with Crippen LogP contribution in [0.3, 0.4) is 0 Å². The number of amides is 1. The number of nitrogens with zero attached hydrogens (tertiary/aromatic N) is 2. The van der Waals surface area contributed by atoms with E-state index in [-0.39, 0.29) is 5.91 Å². The molecule has 0 radical (unpaired) electrons. The summed E-state index contributed by atoms with van der Waals surface area (Å²) in [5, 5.41) is 3.33. The molecular formula is C18H27N3O2. The van der Waals surface area contributed by atoms with E-state index in [0.717, 1.165) is 69.6 Å². The molecule has 2 saturated heterocycles. The Labute approximate surface area is 138 Å². The van der Waals surface area contributed by atoms with Crippen LogP contribution in [0.1, 0.15) is 42.1 Å². The first-order valence-corrected chi connectivity index (χ1v) is 8.82. The predicted molar refractivity (Wildman–Crippen MR) is 89.5 cm³/mol. The van der Waals surface area contributed by atoms with E-state index in [2.05, 4.69) is 17.2 Å². The maximum Gasteiger partial charge on any atom is 0.254 e. The van der Waals surface area contributed by atoms with Crippen LogP contribution in [-0.2, 0) is 11.2 Å². The number of pyridine rings is 1. The number of carbonyl (C=O) groups is 1. The third kappa shape index (κ3) is 4.09. The number of nitrogens with one attached hydrogen (secondary N) is 1. The summed E-state index contributed by atoms with van der Waals surface area (Å²) in [6.45, 7) is 6.63. The molecule has 1 aromatic rings. The van der Waals surface area contributed by atoms with Crippen molar-refractivity contribution in [3.63, 3.8) is 0 Å². The number of rotatable bonds is 5. The average molecular weight is 317 g/mol. The molecule has 126 valence electrons. The molecule has 1 aromatic heterocycles. The number of hydrogen-bond acceptors (Lipinski definition) is 4. The lowest BCUT2D eigenvalue weighted by atomic mass is 9.96. The van der Waals surface area contributed by atoms with Crippen molar-refractivity contribution in [1.29, 1.82) is 0 Å². The van der Waals surface area contributed by atoms with Gasteiger partial charge in [-0.15, -0.1) is 0 Å². The summed E-state index contributed by atoms with van der Waals surface area (Å²) in [5.41, 5.74) is 1.85. The summed E-state index contributed by atoms with van der Waals surface area (Å²) in [6.07, 6.45) is 7.95. The fourth-order valence-electron chi connectivity index (χ4n) is 3.43. The lowest BCUT2D eigenvalue weighted by Crippen LogP contribution is -2.40. The van der Waals surface area contributed by atoms with Crippen LogP contribution in [0.4, 0.5) is 0 Å². The Balaban J connectivity index is 1.49. The van der Waals surface area contributed by atoms with Crippen LogP contribution in [0.5, 0.6) is 0 Å². The van der Waals surface area contributed by atoms with Crippen molar-refractivity contribution < 1.29 is 9.53 Å². The van der Waals surface area contributed by atoms with Crippen LogP contribution >= 0.6 is 0 Å². The number of hydrogen-bond donors (Lipinski definition) is 1. The fourth-order valence-corrected chi connectivity index (χ4v) is 3.43. The average Bonchev–Trinajstić information content (AvgIpc) is 3.13. The molecule has 1 amide bonds. The highest BCUT2D eigenvalue weighted by Gasteiger charge is 2.26. The van der Waals surface area contributed by atoms with Gasteiger partial charge in [0.25, 0.3) is 5.91 Å². The molecule has 1 unspecified atom stereocenters. The van der Waals surface area contributed by atoms with Gasteiger partial charge in [0.1, 0.15) is 0 Å². The van der Waals surface area contributed by atoms with Crippen LogP contribution in [-0.4, -0.2) is 54.7 Å². The van der Waals surface area contributed by atoms with Crippen molar-refractivity contribution in [3.8, 4) is 0 Å². The number of carbonyl (C=O) groups excluding carboxylic acids is 1. The van der Waals surface area contributed by atoms with Crippen molar-refractivity contribution in [1.82, 2.24) is 15.2 Å². The largest absolute Gasteiger partial charge is 0.377 e. The van der Waals surface area contributed by atoms with Crippen LogP contribution < -0.4 is 5.32 Å². The Hall–Kier alpha value is -1.46. The Kier molecular flexibility index (Phi) is 5.62. The quantitative estimate of drug-likeness (QED) is 0.901. The van der Waals surface area contributed by atoms with Crippen LogP contribution in [0.2, 0.25) is 0 Å². The lowest BCUT2D eigenvalue weighted by molar-refractivity contribution is 0.0217. The molecule has 0 bridgehead atoms. The topological polar surface area (TPSA) is 54.5 Å². The molecule has 1 atom stereocenters. The third-order valence-electron chi connectivity index (χ3n) is 5.00. The molecule has 5 heteroatoms. The molecule has 5 nitrogen and oxygen atoms in total. The minimum atomic E-state index is 0.156. The minimum absolute atomic E-state index is 0.156. The molecule has 3 rings (SSSR count). The van der Waals surface area contributed by atoms with Gasteiger partial charge in [0.05, 0.1) is 6.10 Å². The van der Waals surface area contributed by atoms with E-state index in [1.54, 1.807) is 6.20 Å². The molecule has 2 aliphatic rings. The van der Waals surface area contributed by atoms with E-state index >= 15 is 0 Å². The molecule has 0 aromatic carbocycles. The van der Waals surface area contributed by atoms with Crippen molar-refractivity contribution in [2.75, 3.05) is 32.8 Å². The van der Waals surface area contributed by atoms with Gasteiger partial charge in [-0.3, -0.25) is 9.78 Å². The SMILES string of the molecule is CCc1cnccc1C(=O)N1CCC(COC2CCNC2)CC1. The van der Waals surface area contributed by atoms with Crippen molar-refractivity contribution >= 4 is 5.91 Å². The Morgan fingerprint density at radius 3 is 2.91 bits per heavy atom. The van der Waals surface area contributed by atoms with E-state index in [9.17, 15) is 4.79 Å². The predicted octanol–water partition coefficient (Wildman–Crippen LogP) is 1.87. The number of aryl methyl sites for hydroxylation is 1. The first-order valence-electron chi connectivity index (χ1n) is 8.82. The van der Waals surface area contributed by atoms with Crippen LogP contribution in [0.15, 0.2) is 18.5 Å². The third-order valence-corrected chi connectivity index (χ3v) is 5.00. The minimum Gasteiger partial charge on any atom is -0.377 e. The van der Waals surface area contributed by atoms with Crippen molar-refractivity contribution in [2.24, 2.45) is 5.92 Å². The zero-order chi connectivity index (χ0) is 16.1. The zero-order valence-corrected chi connectivity index (χ0v) is 14.0. The molecule has 1 N–H and O–H groups in total. The summed E-state index contributed by atoms with van der Waals surface area (Å²) in [7, 11) is 0. The summed E-state index contributed by atoms with van der Waals surface area (Å²) in [4.78, 5) is 18.8. The standard InChI is InChI=1S/C18H27N3O2/c1-2-15-11-19-8-4-17(15)18(22)21-9-5-14(6-10-21)13-23-16-3-7-20-12-16/h4,8,11,14,16,20H,2-3,5-7,9-10,12-13H2,1H3. The van der Waals surface area contributed by atoms with Gasteiger partial charge in [-0.05, 0) is 49.8 Å². The normalized spacial score (nSPS) is 22.5. The fraction of sp³-hybridized carbons (Fsp3) is 0.667. The van der Waals surface area contributed by atoms with E-state index in [1.807, 2.05) is 17.2 Å². The number of piperidine rings is 1. The van der Waals surface area contributed by atoms with Gasteiger partial charge in [-0.25, -0.2) is 0 Å². The van der Waals surface area contributed by atoms with Gasteiger partial charge in [0.15, 0.2) is 0 Å². The Bertz CT molecular complexity index is 521. The van der Waals surface area contributed by atoms with Crippen LogP contribution in [0, 0.1) is 5.92 Å². The van der Waals surface area contributed by atoms with Crippen molar-refractivity contribution in [3.05, 3.63) is 29.6 Å². The molecule has 0 saturated carbocycles. The smallest absolute Gasteiger partial charge is 0.254 e. The van der Waals surface area contributed by atoms with Crippen LogP contribution in [0.25, 0.3) is 0 Å². The van der Waals surface area contributed by atoms with E-state index in [1.165, 1.54) is 0 Å². The summed E-state index contributed by atoms with van der Waals surface area (Å²) >= 11 is 0. The second-order valence-electron chi connectivity index (χ2n) is 6.57. The monoisotopic (exact) mass is 317 g/mol. The maximum absolute atomic E-state index is 12.7. The summed E-state index contributed by atoms with van der Waals surface area (Å²) in [6, 6.07) is 1.85. The molecule has 0 aliphatic carbocycles. The molecular weight excluding hydrogens is 290 g/mol. The summed E-state index contributed by atoms with van der Waals surface area (Å²) in [5.74, 6) is 0.742. The molecule has 23 heavy (non-hydrogen) atoms. The molecule has 3 heterocycles.